The highest BCUT2D eigenvalue weighted by Gasteiger charge is 2.50. The Morgan fingerprint density at radius 2 is 1.89 bits per heavy atom. The molecule has 27 heavy (non-hydrogen) atoms. The van der Waals surface area contributed by atoms with Crippen molar-refractivity contribution in [3.8, 4) is 0 Å². The number of halogens is 2. The van der Waals surface area contributed by atoms with Crippen LogP contribution in [0.25, 0.3) is 0 Å². The average molecular weight is 406 g/mol. The fraction of sp³-hybridized carbons (Fsp3) is 0.211. The number of aryl methyl sites for hydroxylation is 1. The molecule has 1 heterocycles. The summed E-state index contributed by atoms with van der Waals surface area (Å²) < 4.78 is 0. The number of benzene rings is 2. The van der Waals surface area contributed by atoms with Crippen LogP contribution in [0.4, 0.5) is 10.5 Å². The summed E-state index contributed by atoms with van der Waals surface area (Å²) in [6.07, 6.45) is 0. The SMILES string of the molecule is Cc1ccc(Cl)cc1NC(=O)CN1C(=O)NC(C)(c2ccccc2Cl)C1=O. The molecule has 0 bridgehead atoms. The fourth-order valence-corrected chi connectivity index (χ4v) is 3.45. The van der Waals surface area contributed by atoms with Gasteiger partial charge >= 0.3 is 6.03 Å². The molecule has 3 rings (SSSR count). The quantitative estimate of drug-likeness (QED) is 0.760. The Hall–Kier alpha value is -2.57. The number of nitrogens with zero attached hydrogens (tertiary/aromatic N) is 1. The van der Waals surface area contributed by atoms with E-state index < -0.39 is 29.9 Å². The van der Waals surface area contributed by atoms with Crippen molar-refractivity contribution in [3.63, 3.8) is 0 Å². The predicted octanol–water partition coefficient (Wildman–Crippen LogP) is 3.71. The topological polar surface area (TPSA) is 78.5 Å². The molecule has 2 aromatic rings. The van der Waals surface area contributed by atoms with E-state index in [1.54, 1.807) is 49.4 Å². The average Bonchev–Trinajstić information content (AvgIpc) is 2.82. The van der Waals surface area contributed by atoms with E-state index in [1.165, 1.54) is 0 Å². The van der Waals surface area contributed by atoms with E-state index in [0.717, 1.165) is 10.5 Å². The van der Waals surface area contributed by atoms with E-state index >= 15 is 0 Å². The number of carbonyl (C=O) groups excluding carboxylic acids is 3. The van der Waals surface area contributed by atoms with Crippen molar-refractivity contribution in [2.75, 3.05) is 11.9 Å². The minimum atomic E-state index is -1.33. The van der Waals surface area contributed by atoms with E-state index in [2.05, 4.69) is 10.6 Å². The van der Waals surface area contributed by atoms with Crippen molar-refractivity contribution < 1.29 is 14.4 Å². The Labute approximate surface area is 166 Å². The lowest BCUT2D eigenvalue weighted by molar-refractivity contribution is -0.133. The summed E-state index contributed by atoms with van der Waals surface area (Å²) in [4.78, 5) is 38.5. The molecule has 1 saturated heterocycles. The summed E-state index contributed by atoms with van der Waals surface area (Å²) in [6, 6.07) is 11.2. The summed E-state index contributed by atoms with van der Waals surface area (Å²) >= 11 is 12.1. The van der Waals surface area contributed by atoms with E-state index in [1.807, 2.05) is 6.92 Å². The highest BCUT2D eigenvalue weighted by Crippen LogP contribution is 2.33. The smallest absolute Gasteiger partial charge is 0.324 e. The van der Waals surface area contributed by atoms with Gasteiger partial charge in [0.15, 0.2) is 0 Å². The molecule has 0 saturated carbocycles. The Morgan fingerprint density at radius 1 is 1.19 bits per heavy atom. The van der Waals surface area contributed by atoms with Gasteiger partial charge in [0, 0.05) is 21.3 Å². The summed E-state index contributed by atoms with van der Waals surface area (Å²) in [5, 5.41) is 6.13. The second kappa shape index (κ2) is 7.21. The first-order valence-electron chi connectivity index (χ1n) is 8.17. The summed E-state index contributed by atoms with van der Waals surface area (Å²) in [5.74, 6) is -1.05. The lowest BCUT2D eigenvalue weighted by atomic mass is 9.92. The van der Waals surface area contributed by atoms with Crippen LogP contribution in [0.2, 0.25) is 10.0 Å². The van der Waals surface area contributed by atoms with Gasteiger partial charge in [-0.2, -0.15) is 0 Å². The van der Waals surface area contributed by atoms with Crippen LogP contribution in [0, 0.1) is 6.92 Å². The van der Waals surface area contributed by atoms with Crippen LogP contribution in [0.15, 0.2) is 42.5 Å². The zero-order chi connectivity index (χ0) is 19.8. The molecule has 0 aromatic heterocycles. The normalized spacial score (nSPS) is 19.2. The van der Waals surface area contributed by atoms with E-state index in [-0.39, 0.29) is 0 Å². The highest BCUT2D eigenvalue weighted by atomic mass is 35.5. The number of nitrogens with one attached hydrogen (secondary N) is 2. The number of carbonyl (C=O) groups is 3. The maximum absolute atomic E-state index is 12.9. The second-order valence-corrected chi connectivity index (χ2v) is 7.28. The van der Waals surface area contributed by atoms with Crippen molar-refractivity contribution in [1.29, 1.82) is 0 Å². The molecule has 0 aliphatic carbocycles. The molecule has 0 spiro atoms. The van der Waals surface area contributed by atoms with Gasteiger partial charge in [-0.25, -0.2) is 4.79 Å². The molecule has 1 fully saturated rings. The third-order valence-corrected chi connectivity index (χ3v) is 5.03. The van der Waals surface area contributed by atoms with E-state index in [9.17, 15) is 14.4 Å². The van der Waals surface area contributed by atoms with Crippen LogP contribution in [0.5, 0.6) is 0 Å². The molecule has 1 aliphatic rings. The Kier molecular flexibility index (Phi) is 5.13. The van der Waals surface area contributed by atoms with Gasteiger partial charge in [0.25, 0.3) is 5.91 Å². The molecule has 8 heteroatoms. The van der Waals surface area contributed by atoms with Gasteiger partial charge < -0.3 is 10.6 Å². The lowest BCUT2D eigenvalue weighted by Gasteiger charge is -2.23. The third-order valence-electron chi connectivity index (χ3n) is 4.46. The van der Waals surface area contributed by atoms with Gasteiger partial charge in [0.05, 0.1) is 0 Å². The van der Waals surface area contributed by atoms with Crippen LogP contribution < -0.4 is 10.6 Å². The van der Waals surface area contributed by atoms with Gasteiger partial charge in [0.1, 0.15) is 12.1 Å². The van der Waals surface area contributed by atoms with Crippen LogP contribution in [-0.2, 0) is 15.1 Å². The zero-order valence-electron chi connectivity index (χ0n) is 14.7. The number of hydrogen-bond acceptors (Lipinski definition) is 3. The van der Waals surface area contributed by atoms with Crippen LogP contribution in [-0.4, -0.2) is 29.3 Å². The molecule has 6 nitrogen and oxygen atoms in total. The molecule has 4 amide bonds. The lowest BCUT2D eigenvalue weighted by Crippen LogP contribution is -2.42. The van der Waals surface area contributed by atoms with Gasteiger partial charge in [-0.15, -0.1) is 0 Å². The number of imide groups is 1. The summed E-state index contributed by atoms with van der Waals surface area (Å²) in [6.45, 7) is 2.96. The van der Waals surface area contributed by atoms with Crippen molar-refractivity contribution in [3.05, 3.63) is 63.6 Å². The number of urea groups is 1. The maximum Gasteiger partial charge on any atom is 0.325 e. The molecular formula is C19H17Cl2N3O3. The predicted molar refractivity (Wildman–Crippen MR) is 104 cm³/mol. The molecule has 2 aromatic carbocycles. The van der Waals surface area contributed by atoms with Gasteiger partial charge in [-0.05, 0) is 37.6 Å². The van der Waals surface area contributed by atoms with Crippen molar-refractivity contribution in [1.82, 2.24) is 10.2 Å². The Morgan fingerprint density at radius 3 is 2.59 bits per heavy atom. The highest BCUT2D eigenvalue weighted by molar-refractivity contribution is 6.32. The van der Waals surface area contributed by atoms with Crippen LogP contribution in [0.1, 0.15) is 18.1 Å². The number of anilines is 1. The molecule has 1 aliphatic heterocycles. The van der Waals surface area contributed by atoms with Crippen molar-refractivity contribution in [2.24, 2.45) is 0 Å². The summed E-state index contributed by atoms with van der Waals surface area (Å²) in [5.41, 5.74) is 0.472. The minimum Gasteiger partial charge on any atom is -0.324 e. The number of hydrogen-bond donors (Lipinski definition) is 2. The Bertz CT molecular complexity index is 948. The van der Waals surface area contributed by atoms with Crippen molar-refractivity contribution >= 4 is 46.7 Å². The number of amides is 4. The maximum atomic E-state index is 12.9. The molecule has 2 N–H and O–H groups in total. The summed E-state index contributed by atoms with van der Waals surface area (Å²) in [7, 11) is 0. The molecule has 0 radical (unpaired) electrons. The fourth-order valence-electron chi connectivity index (χ4n) is 2.95. The zero-order valence-corrected chi connectivity index (χ0v) is 16.2. The van der Waals surface area contributed by atoms with Gasteiger partial charge in [-0.1, -0.05) is 47.5 Å². The second-order valence-electron chi connectivity index (χ2n) is 6.43. The van der Waals surface area contributed by atoms with Gasteiger partial charge in [0.2, 0.25) is 5.91 Å². The molecule has 1 atom stereocenters. The van der Waals surface area contributed by atoms with Crippen LogP contribution >= 0.6 is 23.2 Å². The first-order chi connectivity index (χ1) is 12.7. The van der Waals surface area contributed by atoms with Gasteiger partial charge in [-0.3, -0.25) is 14.5 Å². The first-order valence-corrected chi connectivity index (χ1v) is 8.93. The monoisotopic (exact) mass is 405 g/mol. The molecular weight excluding hydrogens is 389 g/mol. The van der Waals surface area contributed by atoms with E-state index in [0.29, 0.717) is 21.3 Å². The standard InChI is InChI=1S/C19H17Cl2N3O3/c1-11-7-8-12(20)9-15(11)22-16(25)10-24-17(26)19(2,23-18(24)27)13-5-3-4-6-14(13)21/h3-9H,10H2,1-2H3,(H,22,25)(H,23,27). The minimum absolute atomic E-state index is 0.356. The largest absolute Gasteiger partial charge is 0.325 e. The first kappa shape index (κ1) is 19.2. The van der Waals surface area contributed by atoms with Crippen LogP contribution in [0.3, 0.4) is 0 Å². The molecule has 1 unspecified atom stereocenters. The molecule has 140 valence electrons. The van der Waals surface area contributed by atoms with Crippen molar-refractivity contribution in [2.45, 2.75) is 19.4 Å². The van der Waals surface area contributed by atoms with E-state index in [4.69, 9.17) is 23.2 Å². The Balaban J connectivity index is 1.79. The third kappa shape index (κ3) is 3.63. The number of rotatable bonds is 4.